The fraction of sp³-hybridized carbons (Fsp3) is 0.133. The van der Waals surface area contributed by atoms with Crippen LogP contribution < -0.4 is 5.32 Å². The van der Waals surface area contributed by atoms with E-state index in [-0.39, 0.29) is 0 Å². The third-order valence-electron chi connectivity index (χ3n) is 2.81. The molecule has 0 aromatic heterocycles. The molecule has 2 rings (SSSR count). The van der Waals surface area contributed by atoms with Crippen molar-refractivity contribution in [1.82, 2.24) is 0 Å². The lowest BCUT2D eigenvalue weighted by molar-refractivity contribution is 0.706. The maximum Gasteiger partial charge on any atom is 0.148 e. The summed E-state index contributed by atoms with van der Waals surface area (Å²) in [7, 11) is 0. The normalized spacial score (nSPS) is 13.4. The summed E-state index contributed by atoms with van der Waals surface area (Å²) in [6, 6.07) is 20.1. The number of rotatable bonds is 3. The van der Waals surface area contributed by atoms with Gasteiger partial charge < -0.3 is 5.32 Å². The minimum Gasteiger partial charge on any atom is -0.364 e. The van der Waals surface area contributed by atoms with Gasteiger partial charge in [-0.15, -0.1) is 0 Å². The molecule has 0 aliphatic rings. The lowest BCUT2D eigenvalue weighted by Gasteiger charge is -2.25. The second-order valence-electron chi connectivity index (χ2n) is 4.23. The molecule has 0 aliphatic carbocycles. The molecule has 0 fully saturated rings. The number of halogens is 1. The Bertz CT molecular complexity index is 557. The highest BCUT2D eigenvalue weighted by molar-refractivity contribution is 14.1. The molecule has 1 N–H and O–H groups in total. The number of nitrogens with zero attached hydrogens (tertiary/aromatic N) is 1. The van der Waals surface area contributed by atoms with Gasteiger partial charge in [-0.05, 0) is 59.3 Å². The minimum absolute atomic E-state index is 0.714. The molecule has 1 atom stereocenters. The molecule has 0 spiro atoms. The summed E-state index contributed by atoms with van der Waals surface area (Å²) in [5.41, 5.74) is 1.20. The standard InChI is InChI=1S/C15H13IN2/c1-15(11-17,12-5-3-2-4-6-12)18-14-9-7-13(16)8-10-14/h2-10,18H,1H3. The van der Waals surface area contributed by atoms with Gasteiger partial charge in [-0.2, -0.15) is 5.26 Å². The molecular formula is C15H13IN2. The lowest BCUT2D eigenvalue weighted by atomic mass is 9.93. The third-order valence-corrected chi connectivity index (χ3v) is 3.53. The van der Waals surface area contributed by atoms with Gasteiger partial charge in [0.1, 0.15) is 5.54 Å². The molecule has 0 saturated heterocycles. The van der Waals surface area contributed by atoms with Crippen LogP contribution >= 0.6 is 22.6 Å². The second-order valence-corrected chi connectivity index (χ2v) is 5.48. The minimum atomic E-state index is -0.714. The van der Waals surface area contributed by atoms with Crippen molar-refractivity contribution in [2.45, 2.75) is 12.5 Å². The fourth-order valence-electron chi connectivity index (χ4n) is 1.76. The largest absolute Gasteiger partial charge is 0.364 e. The highest BCUT2D eigenvalue weighted by Gasteiger charge is 2.25. The molecule has 0 amide bonds. The predicted molar refractivity (Wildman–Crippen MR) is 82.2 cm³/mol. The van der Waals surface area contributed by atoms with Crippen LogP contribution in [-0.2, 0) is 5.54 Å². The van der Waals surface area contributed by atoms with E-state index in [0.717, 1.165) is 11.3 Å². The van der Waals surface area contributed by atoms with E-state index >= 15 is 0 Å². The van der Waals surface area contributed by atoms with Crippen molar-refractivity contribution < 1.29 is 0 Å². The van der Waals surface area contributed by atoms with E-state index in [2.05, 4.69) is 34.0 Å². The van der Waals surface area contributed by atoms with Crippen LogP contribution in [0.4, 0.5) is 5.69 Å². The van der Waals surface area contributed by atoms with Gasteiger partial charge in [0.05, 0.1) is 6.07 Å². The smallest absolute Gasteiger partial charge is 0.148 e. The SMILES string of the molecule is CC(C#N)(Nc1ccc(I)cc1)c1ccccc1. The van der Waals surface area contributed by atoms with Crippen LogP contribution in [0.2, 0.25) is 0 Å². The van der Waals surface area contributed by atoms with Crippen molar-refractivity contribution in [3.63, 3.8) is 0 Å². The molecule has 18 heavy (non-hydrogen) atoms. The van der Waals surface area contributed by atoms with Gasteiger partial charge >= 0.3 is 0 Å². The highest BCUT2D eigenvalue weighted by atomic mass is 127. The summed E-state index contributed by atoms with van der Waals surface area (Å²) in [5.74, 6) is 0. The van der Waals surface area contributed by atoms with Crippen molar-refractivity contribution in [2.75, 3.05) is 5.32 Å². The number of hydrogen-bond acceptors (Lipinski definition) is 2. The monoisotopic (exact) mass is 348 g/mol. The van der Waals surface area contributed by atoms with E-state index in [1.54, 1.807) is 0 Å². The Morgan fingerprint density at radius 2 is 1.67 bits per heavy atom. The van der Waals surface area contributed by atoms with Crippen LogP contribution in [0.3, 0.4) is 0 Å². The fourth-order valence-corrected chi connectivity index (χ4v) is 2.12. The number of nitrogens with one attached hydrogen (secondary N) is 1. The van der Waals surface area contributed by atoms with Gasteiger partial charge in [0, 0.05) is 9.26 Å². The Labute approximate surface area is 121 Å². The van der Waals surface area contributed by atoms with Crippen molar-refractivity contribution in [2.24, 2.45) is 0 Å². The first-order valence-electron chi connectivity index (χ1n) is 5.64. The summed E-state index contributed by atoms with van der Waals surface area (Å²) >= 11 is 2.26. The quantitative estimate of drug-likeness (QED) is 0.847. The summed E-state index contributed by atoms with van der Waals surface area (Å²) in [6.45, 7) is 1.89. The first kappa shape index (κ1) is 12.9. The third kappa shape index (κ3) is 2.82. The number of hydrogen-bond donors (Lipinski definition) is 1. The Hall–Kier alpha value is -1.54. The van der Waals surface area contributed by atoms with Gasteiger partial charge in [0.25, 0.3) is 0 Å². The molecule has 2 aromatic rings. The second kappa shape index (κ2) is 5.40. The topological polar surface area (TPSA) is 35.8 Å². The van der Waals surface area contributed by atoms with Crippen LogP contribution in [0, 0.1) is 14.9 Å². The zero-order valence-corrected chi connectivity index (χ0v) is 12.2. The molecule has 0 heterocycles. The van der Waals surface area contributed by atoms with Crippen molar-refractivity contribution in [3.05, 3.63) is 63.7 Å². The molecule has 90 valence electrons. The number of benzene rings is 2. The lowest BCUT2D eigenvalue weighted by Crippen LogP contribution is -2.29. The Balaban J connectivity index is 2.30. The molecule has 0 saturated carbocycles. The van der Waals surface area contributed by atoms with Gasteiger partial charge in [-0.25, -0.2) is 0 Å². The van der Waals surface area contributed by atoms with E-state index in [0.29, 0.717) is 0 Å². The summed E-state index contributed by atoms with van der Waals surface area (Å²) in [4.78, 5) is 0. The average molecular weight is 348 g/mol. The van der Waals surface area contributed by atoms with Crippen LogP contribution in [0.25, 0.3) is 0 Å². The Morgan fingerprint density at radius 3 is 2.22 bits per heavy atom. The molecule has 2 nitrogen and oxygen atoms in total. The molecule has 3 heteroatoms. The maximum atomic E-state index is 9.44. The van der Waals surface area contributed by atoms with Crippen LogP contribution in [0.5, 0.6) is 0 Å². The van der Waals surface area contributed by atoms with E-state index in [1.165, 1.54) is 3.57 Å². The van der Waals surface area contributed by atoms with E-state index in [4.69, 9.17) is 0 Å². The molecule has 0 bridgehead atoms. The zero-order chi connectivity index (χ0) is 13.0. The summed E-state index contributed by atoms with van der Waals surface area (Å²) in [5, 5.41) is 12.7. The summed E-state index contributed by atoms with van der Waals surface area (Å²) < 4.78 is 1.18. The molecule has 0 radical (unpaired) electrons. The van der Waals surface area contributed by atoms with Crippen LogP contribution in [-0.4, -0.2) is 0 Å². The molecule has 1 unspecified atom stereocenters. The zero-order valence-electron chi connectivity index (χ0n) is 10.0. The highest BCUT2D eigenvalue weighted by Crippen LogP contribution is 2.25. The average Bonchev–Trinajstić information content (AvgIpc) is 2.42. The van der Waals surface area contributed by atoms with Gasteiger partial charge in [-0.1, -0.05) is 30.3 Å². The Kier molecular flexibility index (Phi) is 3.87. The predicted octanol–water partition coefficient (Wildman–Crippen LogP) is 4.14. The Morgan fingerprint density at radius 1 is 1.06 bits per heavy atom. The van der Waals surface area contributed by atoms with E-state index < -0.39 is 5.54 Å². The van der Waals surface area contributed by atoms with Crippen molar-refractivity contribution >= 4 is 28.3 Å². The van der Waals surface area contributed by atoms with Crippen molar-refractivity contribution in [3.8, 4) is 6.07 Å². The van der Waals surface area contributed by atoms with E-state index in [1.807, 2.05) is 61.5 Å². The van der Waals surface area contributed by atoms with Gasteiger partial charge in [-0.3, -0.25) is 0 Å². The number of nitriles is 1. The van der Waals surface area contributed by atoms with Crippen LogP contribution in [0.15, 0.2) is 54.6 Å². The first-order valence-corrected chi connectivity index (χ1v) is 6.72. The van der Waals surface area contributed by atoms with E-state index in [9.17, 15) is 5.26 Å². The van der Waals surface area contributed by atoms with Crippen molar-refractivity contribution in [1.29, 1.82) is 5.26 Å². The van der Waals surface area contributed by atoms with Crippen LogP contribution in [0.1, 0.15) is 12.5 Å². The number of anilines is 1. The first-order chi connectivity index (χ1) is 8.64. The summed E-state index contributed by atoms with van der Waals surface area (Å²) in [6.07, 6.45) is 0. The van der Waals surface area contributed by atoms with Gasteiger partial charge in [0.2, 0.25) is 0 Å². The molecule has 2 aromatic carbocycles. The van der Waals surface area contributed by atoms with Gasteiger partial charge in [0.15, 0.2) is 0 Å². The molecular weight excluding hydrogens is 335 g/mol. The molecule has 0 aliphatic heterocycles. The maximum absolute atomic E-state index is 9.44.